The number of thiophene rings is 1. The molecular weight excluding hydrogens is 578 g/mol. The summed E-state index contributed by atoms with van der Waals surface area (Å²) < 4.78 is 40.5. The molecule has 2 aromatic heterocycles. The SMILES string of the molecule is CCOC(=O)CN(Cc1cccs1)C(=O)[C@H](NS(=O)(=O)c1cc2ccc(=O)[nH]c2cc1Cl)c1ccccc1OC. The van der Waals surface area contributed by atoms with Gasteiger partial charge in [0.15, 0.2) is 0 Å². The number of halogens is 1. The van der Waals surface area contributed by atoms with E-state index in [-0.39, 0.29) is 39.9 Å². The molecule has 1 atom stereocenters. The van der Waals surface area contributed by atoms with Crippen LogP contribution in [0.2, 0.25) is 5.02 Å². The van der Waals surface area contributed by atoms with Gasteiger partial charge in [0.1, 0.15) is 23.2 Å². The molecule has 0 saturated carbocycles. The molecule has 0 fully saturated rings. The highest BCUT2D eigenvalue weighted by Gasteiger charge is 2.34. The molecule has 13 heteroatoms. The number of H-pyrrole nitrogens is 1. The minimum absolute atomic E-state index is 0.0484. The van der Waals surface area contributed by atoms with Gasteiger partial charge in [-0.2, -0.15) is 4.72 Å². The minimum atomic E-state index is -4.43. The van der Waals surface area contributed by atoms with E-state index >= 15 is 0 Å². The Labute approximate surface area is 239 Å². The zero-order valence-electron chi connectivity index (χ0n) is 21.5. The second kappa shape index (κ2) is 12.6. The Bertz CT molecular complexity index is 1690. The number of nitrogens with one attached hydrogen (secondary N) is 2. The predicted octanol–water partition coefficient (Wildman–Crippen LogP) is 3.86. The van der Waals surface area contributed by atoms with Crippen molar-refractivity contribution in [3.8, 4) is 5.75 Å². The number of amides is 1. The van der Waals surface area contributed by atoms with Crippen molar-refractivity contribution < 1.29 is 27.5 Å². The summed E-state index contributed by atoms with van der Waals surface area (Å²) in [6.07, 6.45) is 0. The average Bonchev–Trinajstić information content (AvgIpc) is 3.44. The minimum Gasteiger partial charge on any atom is -0.496 e. The molecule has 1 amide bonds. The van der Waals surface area contributed by atoms with E-state index in [4.69, 9.17) is 21.1 Å². The molecule has 0 unspecified atom stereocenters. The molecule has 4 aromatic rings. The Hall–Kier alpha value is -3.71. The van der Waals surface area contributed by atoms with Crippen LogP contribution in [0.4, 0.5) is 0 Å². The van der Waals surface area contributed by atoms with Gasteiger partial charge in [0.25, 0.3) is 0 Å². The molecule has 2 N–H and O–H groups in total. The van der Waals surface area contributed by atoms with Crippen LogP contribution in [0, 0.1) is 0 Å². The van der Waals surface area contributed by atoms with E-state index < -0.39 is 34.5 Å². The number of hydrogen-bond acceptors (Lipinski definition) is 8. The van der Waals surface area contributed by atoms with Crippen molar-refractivity contribution in [3.05, 3.63) is 91.9 Å². The summed E-state index contributed by atoms with van der Waals surface area (Å²) in [6.45, 7) is 1.42. The number of sulfonamides is 1. The Morgan fingerprint density at radius 1 is 1.12 bits per heavy atom. The fourth-order valence-electron chi connectivity index (χ4n) is 4.08. The van der Waals surface area contributed by atoms with Gasteiger partial charge in [0.2, 0.25) is 21.5 Å². The number of ether oxygens (including phenoxy) is 2. The van der Waals surface area contributed by atoms with Gasteiger partial charge < -0.3 is 19.4 Å². The van der Waals surface area contributed by atoms with Crippen LogP contribution in [0.1, 0.15) is 23.4 Å². The molecule has 0 radical (unpaired) electrons. The standard InChI is InChI=1S/C27H26ClN3O7S2/c1-3-38-25(33)16-31(15-18-7-6-12-39-18)27(34)26(19-8-4-5-9-22(19)37-2)30-40(35,36)23-13-17-10-11-24(32)29-21(17)14-20(23)28/h4-14,26,30H,3,15-16H2,1-2H3,(H,29,32)/t26-/m1/s1. The fraction of sp³-hybridized carbons (Fsp3) is 0.222. The predicted molar refractivity (Wildman–Crippen MR) is 152 cm³/mol. The van der Waals surface area contributed by atoms with E-state index in [1.165, 1.54) is 47.6 Å². The van der Waals surface area contributed by atoms with E-state index in [1.54, 1.807) is 37.3 Å². The zero-order chi connectivity index (χ0) is 28.9. The van der Waals surface area contributed by atoms with Crippen LogP contribution in [0.5, 0.6) is 5.75 Å². The number of pyridine rings is 1. The Balaban J connectivity index is 1.79. The number of esters is 1. The van der Waals surface area contributed by atoms with Crippen molar-refractivity contribution >= 4 is 55.7 Å². The Kier molecular flexibility index (Phi) is 9.25. The van der Waals surface area contributed by atoms with Gasteiger partial charge in [-0.25, -0.2) is 8.42 Å². The highest BCUT2D eigenvalue weighted by atomic mass is 35.5. The van der Waals surface area contributed by atoms with Crippen LogP contribution in [0.3, 0.4) is 0 Å². The van der Waals surface area contributed by atoms with Crippen LogP contribution in [-0.2, 0) is 30.9 Å². The largest absolute Gasteiger partial charge is 0.496 e. The zero-order valence-corrected chi connectivity index (χ0v) is 23.9. The first-order chi connectivity index (χ1) is 19.1. The third-order valence-electron chi connectivity index (χ3n) is 5.90. The quantitative estimate of drug-likeness (QED) is 0.249. The van der Waals surface area contributed by atoms with E-state index in [9.17, 15) is 22.8 Å². The molecule has 0 bridgehead atoms. The number of hydrogen-bond donors (Lipinski definition) is 2. The Morgan fingerprint density at radius 2 is 1.90 bits per heavy atom. The lowest BCUT2D eigenvalue weighted by atomic mass is 10.0. The number of aromatic nitrogens is 1. The third-order valence-corrected chi connectivity index (χ3v) is 8.65. The monoisotopic (exact) mass is 603 g/mol. The summed E-state index contributed by atoms with van der Waals surface area (Å²) in [5.41, 5.74) is 0.219. The van der Waals surface area contributed by atoms with Crippen LogP contribution >= 0.6 is 22.9 Å². The van der Waals surface area contributed by atoms with E-state index in [0.29, 0.717) is 10.9 Å². The maximum Gasteiger partial charge on any atom is 0.325 e. The molecule has 4 rings (SSSR count). The topological polar surface area (TPSA) is 135 Å². The first kappa shape index (κ1) is 29.3. The normalized spacial score (nSPS) is 12.2. The number of rotatable bonds is 11. The van der Waals surface area contributed by atoms with Crippen molar-refractivity contribution in [3.63, 3.8) is 0 Å². The van der Waals surface area contributed by atoms with Crippen molar-refractivity contribution in [2.45, 2.75) is 24.4 Å². The molecule has 0 aliphatic rings. The molecule has 0 saturated heterocycles. The van der Waals surface area contributed by atoms with Crippen molar-refractivity contribution in [2.24, 2.45) is 0 Å². The van der Waals surface area contributed by atoms with Crippen molar-refractivity contribution in [2.75, 3.05) is 20.3 Å². The van der Waals surface area contributed by atoms with Gasteiger partial charge in [-0.15, -0.1) is 11.3 Å². The number of benzene rings is 2. The van der Waals surface area contributed by atoms with Crippen molar-refractivity contribution in [1.29, 1.82) is 0 Å². The van der Waals surface area contributed by atoms with Gasteiger partial charge in [-0.1, -0.05) is 35.9 Å². The van der Waals surface area contributed by atoms with Crippen LogP contribution in [0.15, 0.2) is 75.7 Å². The van der Waals surface area contributed by atoms with Gasteiger partial charge in [-0.3, -0.25) is 14.4 Å². The summed E-state index contributed by atoms with van der Waals surface area (Å²) in [6, 6.07) is 14.0. The molecule has 40 heavy (non-hydrogen) atoms. The van der Waals surface area contributed by atoms with E-state index in [0.717, 1.165) is 4.88 Å². The number of aromatic amines is 1. The lowest BCUT2D eigenvalue weighted by Gasteiger charge is -2.28. The molecule has 2 aromatic carbocycles. The van der Waals surface area contributed by atoms with Gasteiger partial charge in [-0.05, 0) is 48.0 Å². The number of nitrogens with zero attached hydrogens (tertiary/aromatic N) is 1. The van der Waals surface area contributed by atoms with E-state index in [2.05, 4.69) is 9.71 Å². The van der Waals surface area contributed by atoms with Crippen LogP contribution < -0.4 is 15.0 Å². The molecule has 2 heterocycles. The first-order valence-electron chi connectivity index (χ1n) is 12.1. The summed E-state index contributed by atoms with van der Waals surface area (Å²) in [7, 11) is -3.03. The van der Waals surface area contributed by atoms with Gasteiger partial charge in [0.05, 0.1) is 25.3 Å². The Morgan fingerprint density at radius 3 is 2.60 bits per heavy atom. The molecule has 210 valence electrons. The molecule has 0 aliphatic carbocycles. The third kappa shape index (κ3) is 6.70. The first-order valence-corrected chi connectivity index (χ1v) is 14.8. The van der Waals surface area contributed by atoms with E-state index in [1.807, 2.05) is 11.4 Å². The summed E-state index contributed by atoms with van der Waals surface area (Å²) >= 11 is 7.73. The van der Waals surface area contributed by atoms with Crippen molar-refractivity contribution in [1.82, 2.24) is 14.6 Å². The number of carbonyl (C=O) groups is 2. The number of carbonyl (C=O) groups excluding carboxylic acids is 2. The lowest BCUT2D eigenvalue weighted by Crippen LogP contribution is -2.44. The number of methoxy groups -OCH3 is 1. The molecule has 10 nitrogen and oxygen atoms in total. The highest BCUT2D eigenvalue weighted by molar-refractivity contribution is 7.89. The van der Waals surface area contributed by atoms with Gasteiger partial charge >= 0.3 is 5.97 Å². The second-order valence-corrected chi connectivity index (χ2v) is 11.7. The molecular formula is C27H26ClN3O7S2. The molecule has 0 aliphatic heterocycles. The maximum absolute atomic E-state index is 14.1. The highest BCUT2D eigenvalue weighted by Crippen LogP contribution is 2.31. The summed E-state index contributed by atoms with van der Waals surface area (Å²) in [4.78, 5) is 42.6. The molecule has 0 spiro atoms. The average molecular weight is 604 g/mol. The van der Waals surface area contributed by atoms with Crippen LogP contribution in [0.25, 0.3) is 10.9 Å². The summed E-state index contributed by atoms with van der Waals surface area (Å²) in [5.74, 6) is -1.07. The van der Waals surface area contributed by atoms with Crippen LogP contribution in [-0.4, -0.2) is 50.4 Å². The number of fused-ring (bicyclic) bond motifs is 1. The number of para-hydroxylation sites is 1. The maximum atomic E-state index is 14.1. The summed E-state index contributed by atoms with van der Waals surface area (Å²) in [5, 5.41) is 2.10. The van der Waals surface area contributed by atoms with Gasteiger partial charge in [0, 0.05) is 22.0 Å². The fourth-order valence-corrected chi connectivity index (χ4v) is 6.53. The second-order valence-electron chi connectivity index (χ2n) is 8.57. The smallest absolute Gasteiger partial charge is 0.325 e. The lowest BCUT2D eigenvalue weighted by molar-refractivity contribution is -0.149.